The van der Waals surface area contributed by atoms with Crippen LogP contribution in [0.4, 0.5) is 15.8 Å². The van der Waals surface area contributed by atoms with Crippen LogP contribution in [-0.4, -0.2) is 24.1 Å². The van der Waals surface area contributed by atoms with Gasteiger partial charge >= 0.3 is 5.97 Å². The highest BCUT2D eigenvalue weighted by molar-refractivity contribution is 9.10. The van der Waals surface area contributed by atoms with Crippen LogP contribution in [0.1, 0.15) is 10.4 Å². The number of benzene rings is 1. The molecule has 0 fully saturated rings. The van der Waals surface area contributed by atoms with Gasteiger partial charge in [0, 0.05) is 6.07 Å². The van der Waals surface area contributed by atoms with Gasteiger partial charge in [0.2, 0.25) is 6.08 Å². The molecule has 0 spiro atoms. The number of hydrogen-bond donors (Lipinski definition) is 0. The maximum atomic E-state index is 13.7. The molecule has 1 rings (SSSR count). The van der Waals surface area contributed by atoms with E-state index in [0.717, 1.165) is 19.3 Å². The van der Waals surface area contributed by atoms with Gasteiger partial charge in [-0.1, -0.05) is 0 Å². The zero-order chi connectivity index (χ0) is 13.9. The Morgan fingerprint density at radius 3 is 2.72 bits per heavy atom. The SMILES string of the molecule is COC(=O)c1c(F)c(Br)cc([N+](=O)[O-])c1N=C=O. The second-order valence-electron chi connectivity index (χ2n) is 2.87. The molecule has 0 aliphatic heterocycles. The van der Waals surface area contributed by atoms with Crippen LogP contribution in [0.25, 0.3) is 0 Å². The predicted octanol–water partition coefficient (Wildman–Crippen LogP) is 2.25. The number of nitro benzene ring substituents is 1. The molecular weight excluding hydrogens is 315 g/mol. The van der Waals surface area contributed by atoms with Crippen LogP contribution in [0.3, 0.4) is 0 Å². The number of methoxy groups -OCH3 is 1. The van der Waals surface area contributed by atoms with Crippen molar-refractivity contribution in [2.45, 2.75) is 0 Å². The van der Waals surface area contributed by atoms with Crippen LogP contribution in [0.5, 0.6) is 0 Å². The molecule has 7 nitrogen and oxygen atoms in total. The fourth-order valence-corrected chi connectivity index (χ4v) is 1.60. The third-order valence-corrected chi connectivity index (χ3v) is 2.49. The van der Waals surface area contributed by atoms with Gasteiger partial charge in [0.1, 0.15) is 5.56 Å². The second kappa shape index (κ2) is 5.48. The lowest BCUT2D eigenvalue weighted by Gasteiger charge is -2.06. The molecule has 18 heavy (non-hydrogen) atoms. The van der Waals surface area contributed by atoms with Crippen molar-refractivity contribution < 1.29 is 23.6 Å². The van der Waals surface area contributed by atoms with E-state index in [2.05, 4.69) is 25.7 Å². The normalized spacial score (nSPS) is 9.50. The van der Waals surface area contributed by atoms with Gasteiger partial charge in [0.05, 0.1) is 16.5 Å². The highest BCUT2D eigenvalue weighted by Gasteiger charge is 2.29. The smallest absolute Gasteiger partial charge is 0.343 e. The Kier molecular flexibility index (Phi) is 4.24. The Morgan fingerprint density at radius 1 is 1.67 bits per heavy atom. The summed E-state index contributed by atoms with van der Waals surface area (Å²) in [5.74, 6) is -2.30. The predicted molar refractivity (Wildman–Crippen MR) is 59.9 cm³/mol. The minimum atomic E-state index is -1.19. The fraction of sp³-hybridized carbons (Fsp3) is 0.111. The van der Waals surface area contributed by atoms with Crippen molar-refractivity contribution >= 4 is 39.4 Å². The molecule has 1 aromatic carbocycles. The zero-order valence-electron chi connectivity index (χ0n) is 8.77. The topological polar surface area (TPSA) is 98.9 Å². The van der Waals surface area contributed by atoms with Gasteiger partial charge in [-0.25, -0.2) is 14.0 Å². The summed E-state index contributed by atoms with van der Waals surface area (Å²) >= 11 is 2.72. The average molecular weight is 319 g/mol. The molecule has 0 saturated carbocycles. The van der Waals surface area contributed by atoms with Crippen molar-refractivity contribution in [1.82, 2.24) is 0 Å². The third-order valence-electron chi connectivity index (χ3n) is 1.92. The van der Waals surface area contributed by atoms with Crippen LogP contribution in [0, 0.1) is 15.9 Å². The minimum Gasteiger partial charge on any atom is -0.465 e. The summed E-state index contributed by atoms with van der Waals surface area (Å²) in [5, 5.41) is 10.7. The molecule has 0 unspecified atom stereocenters. The van der Waals surface area contributed by atoms with Gasteiger partial charge in [0.25, 0.3) is 5.69 Å². The van der Waals surface area contributed by atoms with E-state index in [1.165, 1.54) is 0 Å². The van der Waals surface area contributed by atoms with E-state index in [-0.39, 0.29) is 4.47 Å². The Bertz CT molecular complexity index is 583. The van der Waals surface area contributed by atoms with Crippen molar-refractivity contribution in [2.75, 3.05) is 7.11 Å². The summed E-state index contributed by atoms with van der Waals surface area (Å²) in [6.45, 7) is 0. The number of rotatable bonds is 3. The first-order valence-corrected chi connectivity index (χ1v) is 5.05. The molecule has 0 saturated heterocycles. The van der Waals surface area contributed by atoms with Crippen LogP contribution < -0.4 is 0 Å². The summed E-state index contributed by atoms with van der Waals surface area (Å²) in [6, 6.07) is 0.790. The van der Waals surface area contributed by atoms with E-state index >= 15 is 0 Å². The molecule has 94 valence electrons. The number of isocyanates is 1. The summed E-state index contributed by atoms with van der Waals surface area (Å²) < 4.78 is 17.7. The van der Waals surface area contributed by atoms with E-state index in [1.807, 2.05) is 0 Å². The summed E-state index contributed by atoms with van der Waals surface area (Å²) in [4.78, 5) is 34.4. The highest BCUT2D eigenvalue weighted by atomic mass is 79.9. The van der Waals surface area contributed by atoms with E-state index in [0.29, 0.717) is 0 Å². The van der Waals surface area contributed by atoms with Crippen molar-refractivity contribution in [1.29, 1.82) is 0 Å². The number of carbonyl (C=O) groups excluding carboxylic acids is 2. The van der Waals surface area contributed by atoms with Gasteiger partial charge in [-0.05, 0) is 15.9 Å². The summed E-state index contributed by atoms with van der Waals surface area (Å²) in [6.07, 6.45) is 1.03. The van der Waals surface area contributed by atoms with Gasteiger partial charge in [-0.2, -0.15) is 4.99 Å². The average Bonchev–Trinajstić information content (AvgIpc) is 2.33. The molecule has 0 atom stereocenters. The molecule has 0 N–H and O–H groups in total. The number of nitro groups is 1. The Hall–Kier alpha value is -2.12. The molecule has 0 aliphatic rings. The lowest BCUT2D eigenvalue weighted by molar-refractivity contribution is -0.384. The molecule has 0 amide bonds. The van der Waals surface area contributed by atoms with Crippen LogP contribution in [0.2, 0.25) is 0 Å². The maximum absolute atomic E-state index is 13.7. The Balaban J connectivity index is 3.79. The molecule has 0 heterocycles. The van der Waals surface area contributed by atoms with Crippen molar-refractivity contribution in [3.63, 3.8) is 0 Å². The van der Waals surface area contributed by atoms with Crippen molar-refractivity contribution in [3.8, 4) is 0 Å². The summed E-state index contributed by atoms with van der Waals surface area (Å²) in [5.41, 5.74) is -2.25. The van der Waals surface area contributed by atoms with E-state index in [4.69, 9.17) is 0 Å². The third kappa shape index (κ3) is 2.41. The van der Waals surface area contributed by atoms with Gasteiger partial charge in [-0.15, -0.1) is 0 Å². The Morgan fingerprint density at radius 2 is 2.28 bits per heavy atom. The molecule has 0 aromatic heterocycles. The number of carbonyl (C=O) groups is 1. The van der Waals surface area contributed by atoms with Crippen molar-refractivity contribution in [3.05, 3.63) is 32.0 Å². The van der Waals surface area contributed by atoms with Gasteiger partial charge in [0.15, 0.2) is 11.5 Å². The maximum Gasteiger partial charge on any atom is 0.343 e. The minimum absolute atomic E-state index is 0.320. The number of halogens is 2. The molecule has 9 heteroatoms. The quantitative estimate of drug-likeness (QED) is 0.280. The second-order valence-corrected chi connectivity index (χ2v) is 3.72. The number of hydrogen-bond acceptors (Lipinski definition) is 6. The lowest BCUT2D eigenvalue weighted by Crippen LogP contribution is -2.07. The highest BCUT2D eigenvalue weighted by Crippen LogP contribution is 2.37. The number of nitrogens with zero attached hydrogens (tertiary/aromatic N) is 2. The van der Waals surface area contributed by atoms with Crippen LogP contribution >= 0.6 is 15.9 Å². The van der Waals surface area contributed by atoms with E-state index in [9.17, 15) is 24.1 Å². The van der Waals surface area contributed by atoms with Gasteiger partial charge in [-0.3, -0.25) is 10.1 Å². The molecule has 0 aliphatic carbocycles. The Labute approximate surface area is 108 Å². The van der Waals surface area contributed by atoms with Crippen molar-refractivity contribution in [2.24, 2.45) is 4.99 Å². The lowest BCUT2D eigenvalue weighted by atomic mass is 10.1. The van der Waals surface area contributed by atoms with E-state index in [1.54, 1.807) is 0 Å². The first-order chi connectivity index (χ1) is 8.43. The first kappa shape index (κ1) is 13.9. The number of aliphatic imine (C=N–C) groups is 1. The molecular formula is C9H4BrFN2O5. The largest absolute Gasteiger partial charge is 0.465 e. The molecule has 0 bridgehead atoms. The number of esters is 1. The fourth-order valence-electron chi connectivity index (χ4n) is 1.19. The summed E-state index contributed by atoms with van der Waals surface area (Å²) in [7, 11) is 0.961. The van der Waals surface area contributed by atoms with Crippen LogP contribution in [0.15, 0.2) is 15.5 Å². The standard InChI is InChI=1S/C9H4BrFN2O5/c1-18-9(15)6-7(11)4(10)2-5(13(16)17)8(6)12-3-14/h2H,1H3. The van der Waals surface area contributed by atoms with Crippen LogP contribution in [-0.2, 0) is 9.53 Å². The van der Waals surface area contributed by atoms with Gasteiger partial charge < -0.3 is 4.74 Å². The molecule has 1 aromatic rings. The first-order valence-electron chi connectivity index (χ1n) is 4.26. The van der Waals surface area contributed by atoms with E-state index < -0.39 is 33.6 Å². The zero-order valence-corrected chi connectivity index (χ0v) is 10.4. The molecule has 0 radical (unpaired) electrons. The monoisotopic (exact) mass is 318 g/mol. The number of ether oxygens (including phenoxy) is 1.